The topological polar surface area (TPSA) is 37.3 Å². The molecule has 0 atom stereocenters. The lowest BCUT2D eigenvalue weighted by Crippen LogP contribution is -2.03. The normalized spacial score (nSPS) is 13.2. The molecule has 0 aliphatic heterocycles. The minimum atomic E-state index is -0.0290. The van der Waals surface area contributed by atoms with Gasteiger partial charge in [0.15, 0.2) is 5.78 Å². The van der Waals surface area contributed by atoms with Crippen molar-refractivity contribution in [2.45, 2.75) is 34.1 Å². The number of carbonyl (C=O) groups excluding carboxylic acids is 1. The summed E-state index contributed by atoms with van der Waals surface area (Å²) in [5.74, 6) is 0.543. The minimum Gasteiger partial charge on any atom is -0.512 e. The summed E-state index contributed by atoms with van der Waals surface area (Å²) in [5, 5.41) is 9.09. The van der Waals surface area contributed by atoms with E-state index in [2.05, 4.69) is 0 Å². The fourth-order valence-corrected chi connectivity index (χ4v) is 0.954. The third-order valence-corrected chi connectivity index (χ3v) is 1.47. The van der Waals surface area contributed by atoms with Crippen molar-refractivity contribution in [3.05, 3.63) is 11.3 Å². The van der Waals surface area contributed by atoms with Crippen molar-refractivity contribution in [1.29, 1.82) is 0 Å². The van der Waals surface area contributed by atoms with E-state index in [1.807, 2.05) is 13.8 Å². The highest BCUT2D eigenvalue weighted by molar-refractivity contribution is 5.93. The Bertz CT molecular complexity index is 174. The lowest BCUT2D eigenvalue weighted by Gasteiger charge is -2.07. The molecule has 0 bridgehead atoms. The Morgan fingerprint density at radius 1 is 1.36 bits per heavy atom. The van der Waals surface area contributed by atoms with Crippen LogP contribution >= 0.6 is 0 Å². The molecule has 0 aromatic carbocycles. The zero-order valence-electron chi connectivity index (χ0n) is 7.64. The van der Waals surface area contributed by atoms with Crippen molar-refractivity contribution in [3.8, 4) is 0 Å². The van der Waals surface area contributed by atoms with Crippen LogP contribution in [0.4, 0.5) is 0 Å². The van der Waals surface area contributed by atoms with Gasteiger partial charge < -0.3 is 5.11 Å². The smallest absolute Gasteiger partial charge is 0.159 e. The van der Waals surface area contributed by atoms with Crippen LogP contribution in [0.3, 0.4) is 0 Å². The van der Waals surface area contributed by atoms with Gasteiger partial charge in [0.1, 0.15) is 0 Å². The standard InChI is InChI=1S/C9H16O2/c1-6(2)5-9(7(3)10)8(4)11/h6,10H,5H2,1-4H3/b9-7+. The maximum atomic E-state index is 10.9. The molecule has 0 rings (SSSR count). The summed E-state index contributed by atoms with van der Waals surface area (Å²) in [4.78, 5) is 10.9. The second-order valence-corrected chi connectivity index (χ2v) is 3.22. The van der Waals surface area contributed by atoms with Crippen molar-refractivity contribution in [3.63, 3.8) is 0 Å². The van der Waals surface area contributed by atoms with Crippen molar-refractivity contribution in [2.75, 3.05) is 0 Å². The fraction of sp³-hybridized carbons (Fsp3) is 0.667. The number of Topliss-reactive ketones (excluding diaryl/α,β-unsaturated/α-hetero) is 1. The predicted molar refractivity (Wildman–Crippen MR) is 45.5 cm³/mol. The summed E-state index contributed by atoms with van der Waals surface area (Å²) in [6.45, 7) is 7.08. The van der Waals surface area contributed by atoms with Crippen LogP contribution in [-0.2, 0) is 4.79 Å². The number of ketones is 1. The Balaban J connectivity index is 4.39. The van der Waals surface area contributed by atoms with Crippen LogP contribution in [0.25, 0.3) is 0 Å². The molecule has 0 aliphatic rings. The molecule has 0 fully saturated rings. The number of rotatable bonds is 3. The highest BCUT2D eigenvalue weighted by atomic mass is 16.3. The Morgan fingerprint density at radius 2 is 1.82 bits per heavy atom. The average Bonchev–Trinajstić information content (AvgIpc) is 1.81. The molecule has 64 valence electrons. The molecule has 0 saturated carbocycles. The summed E-state index contributed by atoms with van der Waals surface area (Å²) in [7, 11) is 0. The number of aliphatic hydroxyl groups is 1. The molecule has 0 aromatic heterocycles. The molecular formula is C9H16O2. The lowest BCUT2D eigenvalue weighted by molar-refractivity contribution is -0.114. The van der Waals surface area contributed by atoms with Crippen molar-refractivity contribution < 1.29 is 9.90 Å². The predicted octanol–water partition coefficient (Wildman–Crippen LogP) is 2.45. The summed E-state index contributed by atoms with van der Waals surface area (Å²) in [6, 6.07) is 0. The molecule has 1 N–H and O–H groups in total. The molecule has 0 heterocycles. The molecule has 2 nitrogen and oxygen atoms in total. The van der Waals surface area contributed by atoms with Gasteiger partial charge in [-0.2, -0.15) is 0 Å². The molecule has 0 spiro atoms. The SMILES string of the molecule is CC(=O)/C(CC(C)C)=C(\C)O. The quantitative estimate of drug-likeness (QED) is 0.503. The van der Waals surface area contributed by atoms with Crippen molar-refractivity contribution >= 4 is 5.78 Å². The third kappa shape index (κ3) is 3.81. The highest BCUT2D eigenvalue weighted by Crippen LogP contribution is 2.14. The van der Waals surface area contributed by atoms with E-state index in [0.29, 0.717) is 17.9 Å². The van der Waals surface area contributed by atoms with Crippen LogP contribution in [-0.4, -0.2) is 10.9 Å². The zero-order valence-corrected chi connectivity index (χ0v) is 7.64. The number of carbonyl (C=O) groups is 1. The largest absolute Gasteiger partial charge is 0.512 e. The molecule has 0 aliphatic carbocycles. The first-order valence-corrected chi connectivity index (χ1v) is 3.84. The summed E-state index contributed by atoms with van der Waals surface area (Å²) >= 11 is 0. The highest BCUT2D eigenvalue weighted by Gasteiger charge is 2.09. The molecule has 0 aromatic rings. The van der Waals surface area contributed by atoms with Gasteiger partial charge in [0.25, 0.3) is 0 Å². The van der Waals surface area contributed by atoms with Gasteiger partial charge in [0, 0.05) is 5.57 Å². The first kappa shape index (κ1) is 10.2. The molecule has 0 radical (unpaired) electrons. The van der Waals surface area contributed by atoms with Crippen LogP contribution in [0, 0.1) is 5.92 Å². The zero-order chi connectivity index (χ0) is 9.02. The Kier molecular flexibility index (Phi) is 3.86. The van der Waals surface area contributed by atoms with Crippen LogP contribution in [0.2, 0.25) is 0 Å². The van der Waals surface area contributed by atoms with E-state index in [-0.39, 0.29) is 11.5 Å². The van der Waals surface area contributed by atoms with Gasteiger partial charge in [0.05, 0.1) is 5.76 Å². The van der Waals surface area contributed by atoms with E-state index < -0.39 is 0 Å². The molecule has 2 heteroatoms. The van der Waals surface area contributed by atoms with Crippen LogP contribution in [0.1, 0.15) is 34.1 Å². The second kappa shape index (κ2) is 4.16. The number of hydrogen-bond acceptors (Lipinski definition) is 2. The first-order chi connectivity index (χ1) is 4.95. The molecule has 0 unspecified atom stereocenters. The van der Waals surface area contributed by atoms with E-state index in [0.717, 1.165) is 0 Å². The van der Waals surface area contributed by atoms with E-state index in [4.69, 9.17) is 5.11 Å². The summed E-state index contributed by atoms with van der Waals surface area (Å²) in [6.07, 6.45) is 0.664. The van der Waals surface area contributed by atoms with Gasteiger partial charge in [-0.1, -0.05) is 13.8 Å². The van der Waals surface area contributed by atoms with E-state index in [9.17, 15) is 4.79 Å². The van der Waals surface area contributed by atoms with Crippen LogP contribution in [0.15, 0.2) is 11.3 Å². The number of hydrogen-bond donors (Lipinski definition) is 1. The van der Waals surface area contributed by atoms with Gasteiger partial charge in [-0.3, -0.25) is 4.79 Å². The monoisotopic (exact) mass is 156 g/mol. The number of allylic oxidation sites excluding steroid dienone is 2. The van der Waals surface area contributed by atoms with Crippen molar-refractivity contribution in [2.24, 2.45) is 5.92 Å². The van der Waals surface area contributed by atoms with Gasteiger partial charge in [-0.05, 0) is 26.2 Å². The molecule has 0 amide bonds. The minimum absolute atomic E-state index is 0.0290. The first-order valence-electron chi connectivity index (χ1n) is 3.84. The molecule has 11 heavy (non-hydrogen) atoms. The number of aliphatic hydroxyl groups excluding tert-OH is 1. The van der Waals surface area contributed by atoms with Crippen molar-refractivity contribution in [1.82, 2.24) is 0 Å². The van der Waals surface area contributed by atoms with E-state index >= 15 is 0 Å². The maximum Gasteiger partial charge on any atom is 0.159 e. The average molecular weight is 156 g/mol. The lowest BCUT2D eigenvalue weighted by atomic mass is 9.99. The van der Waals surface area contributed by atoms with Crippen LogP contribution in [0.5, 0.6) is 0 Å². The Morgan fingerprint density at radius 3 is 1.91 bits per heavy atom. The Hall–Kier alpha value is -0.790. The van der Waals surface area contributed by atoms with Gasteiger partial charge in [-0.25, -0.2) is 0 Å². The summed E-state index contributed by atoms with van der Waals surface area (Å²) < 4.78 is 0. The van der Waals surface area contributed by atoms with Gasteiger partial charge in [-0.15, -0.1) is 0 Å². The second-order valence-electron chi connectivity index (χ2n) is 3.22. The summed E-state index contributed by atoms with van der Waals surface area (Å²) in [5.41, 5.74) is 0.556. The fourth-order valence-electron chi connectivity index (χ4n) is 0.954. The maximum absolute atomic E-state index is 10.9. The Labute approximate surface area is 67.9 Å². The van der Waals surface area contributed by atoms with Crippen LogP contribution < -0.4 is 0 Å². The third-order valence-electron chi connectivity index (χ3n) is 1.47. The molecule has 0 saturated heterocycles. The molecular weight excluding hydrogens is 140 g/mol. The van der Waals surface area contributed by atoms with E-state index in [1.54, 1.807) is 6.92 Å². The van der Waals surface area contributed by atoms with Gasteiger partial charge >= 0.3 is 0 Å². The van der Waals surface area contributed by atoms with Gasteiger partial charge in [0.2, 0.25) is 0 Å². The van der Waals surface area contributed by atoms with E-state index in [1.165, 1.54) is 6.92 Å².